The first-order valence-corrected chi connectivity index (χ1v) is 10.0. The molecular formula is C22H29N3O2. The maximum absolute atomic E-state index is 12.8. The van der Waals surface area contributed by atoms with Crippen LogP contribution in [0.1, 0.15) is 12.0 Å². The van der Waals surface area contributed by atoms with Crippen LogP contribution in [-0.2, 0) is 16.1 Å². The summed E-state index contributed by atoms with van der Waals surface area (Å²) < 4.78 is 5.43. The molecule has 144 valence electrons. The maximum Gasteiger partial charge on any atom is 0.224 e. The number of nitrogens with one attached hydrogen (secondary N) is 2. The van der Waals surface area contributed by atoms with E-state index in [-0.39, 0.29) is 11.8 Å². The number of fused-ring (bicyclic) bond motifs is 1. The van der Waals surface area contributed by atoms with E-state index < -0.39 is 0 Å². The van der Waals surface area contributed by atoms with Gasteiger partial charge in [-0.1, -0.05) is 42.5 Å². The molecule has 2 aromatic carbocycles. The van der Waals surface area contributed by atoms with E-state index in [0.29, 0.717) is 12.5 Å². The smallest absolute Gasteiger partial charge is 0.224 e. The van der Waals surface area contributed by atoms with Crippen LogP contribution in [0, 0.1) is 11.8 Å². The van der Waals surface area contributed by atoms with Gasteiger partial charge in [-0.15, -0.1) is 0 Å². The van der Waals surface area contributed by atoms with E-state index in [0.717, 1.165) is 52.4 Å². The first-order chi connectivity index (χ1) is 13.3. The van der Waals surface area contributed by atoms with Crippen molar-refractivity contribution in [1.29, 1.82) is 0 Å². The Morgan fingerprint density at radius 3 is 2.81 bits per heavy atom. The molecule has 2 aliphatic rings. The molecule has 0 spiro atoms. The molecule has 0 bridgehead atoms. The van der Waals surface area contributed by atoms with Crippen LogP contribution in [0.3, 0.4) is 0 Å². The zero-order valence-electron chi connectivity index (χ0n) is 15.8. The summed E-state index contributed by atoms with van der Waals surface area (Å²) in [6, 6.07) is 14.6. The number of nitrogens with zero attached hydrogens (tertiary/aromatic N) is 1. The van der Waals surface area contributed by atoms with Crippen molar-refractivity contribution in [3.63, 3.8) is 0 Å². The molecule has 5 nitrogen and oxygen atoms in total. The monoisotopic (exact) mass is 367 g/mol. The van der Waals surface area contributed by atoms with Crippen molar-refractivity contribution in [2.24, 2.45) is 11.8 Å². The van der Waals surface area contributed by atoms with E-state index in [2.05, 4.69) is 51.9 Å². The second kappa shape index (κ2) is 8.83. The Kier molecular flexibility index (Phi) is 6.02. The third-order valence-electron chi connectivity index (χ3n) is 5.77. The van der Waals surface area contributed by atoms with E-state index in [1.54, 1.807) is 0 Å². The molecule has 0 saturated carbocycles. The quantitative estimate of drug-likeness (QED) is 0.849. The Labute approximate surface area is 161 Å². The summed E-state index contributed by atoms with van der Waals surface area (Å²) >= 11 is 0. The van der Waals surface area contributed by atoms with Gasteiger partial charge in [-0.3, -0.25) is 9.69 Å². The van der Waals surface area contributed by atoms with E-state index in [1.165, 1.54) is 16.3 Å². The first kappa shape index (κ1) is 18.4. The number of carbonyl (C=O) groups excluding carboxylic acids is 1. The number of ether oxygens (including phenoxy) is 1. The van der Waals surface area contributed by atoms with Crippen LogP contribution in [0.5, 0.6) is 0 Å². The van der Waals surface area contributed by atoms with Crippen LogP contribution in [-0.4, -0.2) is 56.7 Å². The summed E-state index contributed by atoms with van der Waals surface area (Å²) in [5.41, 5.74) is 1.18. The molecule has 2 N–H and O–H groups in total. The van der Waals surface area contributed by atoms with Gasteiger partial charge in [0, 0.05) is 32.7 Å². The van der Waals surface area contributed by atoms with Crippen molar-refractivity contribution >= 4 is 16.7 Å². The number of hydrogen-bond acceptors (Lipinski definition) is 4. The fraction of sp³-hybridized carbons (Fsp3) is 0.500. The van der Waals surface area contributed by atoms with E-state index in [4.69, 9.17) is 4.74 Å². The summed E-state index contributed by atoms with van der Waals surface area (Å²) in [7, 11) is 0. The van der Waals surface area contributed by atoms with Gasteiger partial charge in [-0.2, -0.15) is 0 Å². The standard InChI is InChI=1S/C22H29N3O2/c26-22(24-15-19-6-3-5-18-4-1-2-7-21(18)19)20-12-17(13-23-14-20)16-25-8-10-27-11-9-25/h1-7,17,20,23H,8-16H2,(H,24,26)/t17-,20+/m0/s1. The molecule has 2 atom stereocenters. The highest BCUT2D eigenvalue weighted by Crippen LogP contribution is 2.20. The largest absolute Gasteiger partial charge is 0.379 e. The molecule has 0 unspecified atom stereocenters. The highest BCUT2D eigenvalue weighted by molar-refractivity contribution is 5.86. The lowest BCUT2D eigenvalue weighted by Gasteiger charge is -2.34. The molecule has 0 aliphatic carbocycles. The minimum absolute atomic E-state index is 0.0553. The lowest BCUT2D eigenvalue weighted by atomic mass is 9.89. The summed E-state index contributed by atoms with van der Waals surface area (Å²) in [5, 5.41) is 9.07. The molecule has 4 rings (SSSR count). The van der Waals surface area contributed by atoms with Crippen molar-refractivity contribution in [1.82, 2.24) is 15.5 Å². The average molecular weight is 367 g/mol. The third kappa shape index (κ3) is 4.67. The van der Waals surface area contributed by atoms with E-state index >= 15 is 0 Å². The normalized spacial score (nSPS) is 24.0. The summed E-state index contributed by atoms with van der Waals surface area (Å²) in [5.74, 6) is 0.757. The highest BCUT2D eigenvalue weighted by Gasteiger charge is 2.28. The zero-order chi connectivity index (χ0) is 18.5. The van der Waals surface area contributed by atoms with Crippen LogP contribution in [0.4, 0.5) is 0 Å². The molecular weight excluding hydrogens is 338 g/mol. The highest BCUT2D eigenvalue weighted by atomic mass is 16.5. The van der Waals surface area contributed by atoms with Gasteiger partial charge in [-0.25, -0.2) is 0 Å². The molecule has 2 aromatic rings. The van der Waals surface area contributed by atoms with Gasteiger partial charge >= 0.3 is 0 Å². The number of hydrogen-bond donors (Lipinski definition) is 2. The Hall–Kier alpha value is -1.95. The minimum atomic E-state index is 0.0553. The number of morpholine rings is 1. The van der Waals surface area contributed by atoms with Gasteiger partial charge in [0.2, 0.25) is 5.91 Å². The number of rotatable bonds is 5. The number of carbonyl (C=O) groups is 1. The first-order valence-electron chi connectivity index (χ1n) is 10.0. The summed E-state index contributed by atoms with van der Waals surface area (Å²) in [6.07, 6.45) is 0.964. The van der Waals surface area contributed by atoms with Crippen LogP contribution >= 0.6 is 0 Å². The van der Waals surface area contributed by atoms with Crippen LogP contribution in [0.25, 0.3) is 10.8 Å². The predicted molar refractivity (Wildman–Crippen MR) is 108 cm³/mol. The number of piperidine rings is 1. The fourth-order valence-corrected chi connectivity index (χ4v) is 4.29. The lowest BCUT2D eigenvalue weighted by Crippen LogP contribution is -2.48. The Morgan fingerprint density at radius 2 is 1.93 bits per heavy atom. The molecule has 0 aromatic heterocycles. The number of amides is 1. The Balaban J connectivity index is 1.32. The van der Waals surface area contributed by atoms with Crippen molar-refractivity contribution in [3.8, 4) is 0 Å². The SMILES string of the molecule is O=C(NCc1cccc2ccccc12)[C@H]1CNC[C@@H](CN2CCOCC2)C1. The van der Waals surface area contributed by atoms with Gasteiger partial charge in [0.1, 0.15) is 0 Å². The molecule has 2 aliphatic heterocycles. The van der Waals surface area contributed by atoms with Crippen molar-refractivity contribution in [2.45, 2.75) is 13.0 Å². The van der Waals surface area contributed by atoms with Crippen molar-refractivity contribution < 1.29 is 9.53 Å². The average Bonchev–Trinajstić information content (AvgIpc) is 2.73. The summed E-state index contributed by atoms with van der Waals surface area (Å²) in [6.45, 7) is 7.10. The summed E-state index contributed by atoms with van der Waals surface area (Å²) in [4.78, 5) is 15.2. The Morgan fingerprint density at radius 1 is 1.11 bits per heavy atom. The molecule has 5 heteroatoms. The van der Waals surface area contributed by atoms with E-state index in [9.17, 15) is 4.79 Å². The predicted octanol–water partition coefficient (Wildman–Crippen LogP) is 2.01. The lowest BCUT2D eigenvalue weighted by molar-refractivity contribution is -0.126. The van der Waals surface area contributed by atoms with Gasteiger partial charge in [0.25, 0.3) is 0 Å². The second-order valence-corrected chi connectivity index (χ2v) is 7.73. The number of benzene rings is 2. The molecule has 2 saturated heterocycles. The van der Waals surface area contributed by atoms with Gasteiger partial charge in [0.05, 0.1) is 19.1 Å². The van der Waals surface area contributed by atoms with Crippen molar-refractivity contribution in [3.05, 3.63) is 48.0 Å². The van der Waals surface area contributed by atoms with Gasteiger partial charge in [0.15, 0.2) is 0 Å². The molecule has 2 heterocycles. The van der Waals surface area contributed by atoms with Crippen LogP contribution < -0.4 is 10.6 Å². The molecule has 0 radical (unpaired) electrons. The fourth-order valence-electron chi connectivity index (χ4n) is 4.29. The van der Waals surface area contributed by atoms with Gasteiger partial charge < -0.3 is 15.4 Å². The van der Waals surface area contributed by atoms with Crippen molar-refractivity contribution in [2.75, 3.05) is 45.9 Å². The topological polar surface area (TPSA) is 53.6 Å². The van der Waals surface area contributed by atoms with Crippen LogP contribution in [0.15, 0.2) is 42.5 Å². The molecule has 1 amide bonds. The van der Waals surface area contributed by atoms with Gasteiger partial charge in [-0.05, 0) is 35.2 Å². The Bertz CT molecular complexity index is 768. The maximum atomic E-state index is 12.8. The second-order valence-electron chi connectivity index (χ2n) is 7.73. The zero-order valence-corrected chi connectivity index (χ0v) is 15.8. The van der Waals surface area contributed by atoms with Crippen LogP contribution in [0.2, 0.25) is 0 Å². The minimum Gasteiger partial charge on any atom is -0.379 e. The molecule has 2 fully saturated rings. The third-order valence-corrected chi connectivity index (χ3v) is 5.77. The van der Waals surface area contributed by atoms with E-state index in [1.807, 2.05) is 6.07 Å². The molecule has 27 heavy (non-hydrogen) atoms.